The van der Waals surface area contributed by atoms with E-state index in [4.69, 9.17) is 27.9 Å². The van der Waals surface area contributed by atoms with Crippen LogP contribution in [0.4, 0.5) is 5.69 Å². The van der Waals surface area contributed by atoms with Gasteiger partial charge in [-0.3, -0.25) is 9.59 Å². The highest BCUT2D eigenvalue weighted by molar-refractivity contribution is 6.31. The van der Waals surface area contributed by atoms with Crippen molar-refractivity contribution in [2.75, 3.05) is 12.0 Å². The molecule has 0 saturated heterocycles. The van der Waals surface area contributed by atoms with Gasteiger partial charge < -0.3 is 14.7 Å². The molecular formula is C24H19Cl2NO4. The summed E-state index contributed by atoms with van der Waals surface area (Å²) in [4.78, 5) is 28.0. The molecule has 1 atom stereocenters. The zero-order valence-electron chi connectivity index (χ0n) is 16.6. The zero-order valence-corrected chi connectivity index (χ0v) is 18.2. The van der Waals surface area contributed by atoms with Crippen LogP contribution in [0.2, 0.25) is 10.0 Å². The minimum absolute atomic E-state index is 0.151. The molecule has 0 bridgehead atoms. The van der Waals surface area contributed by atoms with Gasteiger partial charge in [0.05, 0.1) is 31.3 Å². The number of hydrogen-bond donors (Lipinski definition) is 1. The van der Waals surface area contributed by atoms with Crippen molar-refractivity contribution in [3.63, 3.8) is 0 Å². The van der Waals surface area contributed by atoms with Gasteiger partial charge in [-0.05, 0) is 42.0 Å². The monoisotopic (exact) mass is 455 g/mol. The highest BCUT2D eigenvalue weighted by Gasteiger charge is 2.51. The molecule has 1 unspecified atom stereocenters. The van der Waals surface area contributed by atoms with Crippen molar-refractivity contribution in [3.05, 3.63) is 93.5 Å². The first kappa shape index (κ1) is 21.4. The van der Waals surface area contributed by atoms with Crippen LogP contribution < -0.4 is 9.64 Å². The summed E-state index contributed by atoms with van der Waals surface area (Å²) in [5.74, 6) is -0.646. The average molecular weight is 456 g/mol. The number of carbonyl (C=O) groups excluding carboxylic acids is 2. The number of rotatable bonds is 6. The number of para-hydroxylation sites is 1. The van der Waals surface area contributed by atoms with Crippen LogP contribution in [0.3, 0.4) is 0 Å². The van der Waals surface area contributed by atoms with Crippen molar-refractivity contribution in [1.29, 1.82) is 0 Å². The lowest BCUT2D eigenvalue weighted by atomic mass is 9.88. The van der Waals surface area contributed by atoms with E-state index in [1.807, 2.05) is 12.1 Å². The Hall–Kier alpha value is -2.86. The van der Waals surface area contributed by atoms with Gasteiger partial charge in [-0.2, -0.15) is 0 Å². The Morgan fingerprint density at radius 3 is 2.52 bits per heavy atom. The Morgan fingerprint density at radius 1 is 1.06 bits per heavy atom. The Labute approximate surface area is 189 Å². The SMILES string of the molecule is COc1ccccc1C(=O)CC1(O)C(=O)N(Cc2ccccc2Cl)c2ccc(Cl)cc21. The second kappa shape index (κ2) is 8.35. The van der Waals surface area contributed by atoms with Crippen molar-refractivity contribution in [2.24, 2.45) is 0 Å². The molecule has 0 saturated carbocycles. The first-order chi connectivity index (χ1) is 14.8. The summed E-state index contributed by atoms with van der Waals surface area (Å²) in [6, 6.07) is 18.7. The molecule has 0 radical (unpaired) electrons. The number of halogens is 2. The minimum Gasteiger partial charge on any atom is -0.496 e. The van der Waals surface area contributed by atoms with Crippen LogP contribution in [0.1, 0.15) is 27.9 Å². The van der Waals surface area contributed by atoms with Crippen molar-refractivity contribution < 1.29 is 19.4 Å². The number of hydrogen-bond acceptors (Lipinski definition) is 4. The molecule has 1 heterocycles. The van der Waals surface area contributed by atoms with Gasteiger partial charge in [0.2, 0.25) is 0 Å². The summed E-state index contributed by atoms with van der Waals surface area (Å²) < 4.78 is 5.26. The van der Waals surface area contributed by atoms with E-state index < -0.39 is 23.7 Å². The van der Waals surface area contributed by atoms with Crippen molar-refractivity contribution in [1.82, 2.24) is 0 Å². The zero-order chi connectivity index (χ0) is 22.2. The Bertz CT molecular complexity index is 1180. The van der Waals surface area contributed by atoms with E-state index in [-0.39, 0.29) is 6.54 Å². The van der Waals surface area contributed by atoms with Crippen molar-refractivity contribution in [3.8, 4) is 5.75 Å². The van der Waals surface area contributed by atoms with E-state index in [0.717, 1.165) is 5.56 Å². The first-order valence-electron chi connectivity index (χ1n) is 9.59. The summed E-state index contributed by atoms with van der Waals surface area (Å²) in [6.07, 6.45) is -0.446. The summed E-state index contributed by atoms with van der Waals surface area (Å²) in [6.45, 7) is 0.151. The lowest BCUT2D eigenvalue weighted by Gasteiger charge is -2.23. The first-order valence-corrected chi connectivity index (χ1v) is 10.3. The fourth-order valence-corrected chi connectivity index (χ4v) is 4.22. The van der Waals surface area contributed by atoms with E-state index in [9.17, 15) is 14.7 Å². The molecule has 0 fully saturated rings. The van der Waals surface area contributed by atoms with Crippen LogP contribution >= 0.6 is 23.2 Å². The number of benzene rings is 3. The fraction of sp³-hybridized carbons (Fsp3) is 0.167. The third-order valence-electron chi connectivity index (χ3n) is 5.40. The Morgan fingerprint density at radius 2 is 1.77 bits per heavy atom. The van der Waals surface area contributed by atoms with Gasteiger partial charge in [0.15, 0.2) is 11.4 Å². The molecule has 3 aromatic rings. The molecule has 0 aliphatic carbocycles. The summed E-state index contributed by atoms with van der Waals surface area (Å²) in [5.41, 5.74) is -0.262. The van der Waals surface area contributed by atoms with Crippen LogP contribution in [-0.4, -0.2) is 23.9 Å². The molecule has 1 amide bonds. The Kier molecular flexibility index (Phi) is 5.75. The summed E-state index contributed by atoms with van der Waals surface area (Å²) in [5, 5.41) is 12.4. The van der Waals surface area contributed by atoms with Crippen LogP contribution in [0.5, 0.6) is 5.75 Å². The molecule has 0 aromatic heterocycles. The van der Waals surface area contributed by atoms with Gasteiger partial charge >= 0.3 is 0 Å². The van der Waals surface area contributed by atoms with Gasteiger partial charge in [-0.25, -0.2) is 0 Å². The van der Waals surface area contributed by atoms with Crippen LogP contribution in [-0.2, 0) is 16.9 Å². The molecule has 3 aromatic carbocycles. The standard InChI is InChI=1S/C24H19Cl2NO4/c1-31-22-9-5-3-7-17(22)21(28)13-24(30)18-12-16(25)10-11-20(18)27(23(24)29)14-15-6-2-4-8-19(15)26/h2-12,30H,13-14H2,1H3. The third-order valence-corrected chi connectivity index (χ3v) is 6.01. The molecule has 4 rings (SSSR count). The number of methoxy groups -OCH3 is 1. The predicted octanol–water partition coefficient (Wildman–Crippen LogP) is 5.01. The number of fused-ring (bicyclic) bond motifs is 1. The van der Waals surface area contributed by atoms with E-state index in [2.05, 4.69) is 0 Å². The number of aliphatic hydroxyl groups is 1. The molecule has 7 heteroatoms. The normalized spacial score (nSPS) is 17.5. The van der Waals surface area contributed by atoms with Gasteiger partial charge in [0.25, 0.3) is 5.91 Å². The van der Waals surface area contributed by atoms with Gasteiger partial charge in [-0.1, -0.05) is 53.5 Å². The topological polar surface area (TPSA) is 66.8 Å². The maximum absolute atomic E-state index is 13.4. The fourth-order valence-electron chi connectivity index (χ4n) is 3.85. The number of Topliss-reactive ketones (excluding diaryl/α,β-unsaturated/α-hetero) is 1. The average Bonchev–Trinajstić information content (AvgIpc) is 2.96. The number of ether oxygens (including phenoxy) is 1. The van der Waals surface area contributed by atoms with Gasteiger partial charge in [0.1, 0.15) is 5.75 Å². The second-order valence-corrected chi connectivity index (χ2v) is 8.15. The number of nitrogens with zero attached hydrogens (tertiary/aromatic N) is 1. The third kappa shape index (κ3) is 3.81. The maximum atomic E-state index is 13.4. The molecule has 1 aliphatic heterocycles. The molecule has 31 heavy (non-hydrogen) atoms. The molecular weight excluding hydrogens is 437 g/mol. The smallest absolute Gasteiger partial charge is 0.264 e. The van der Waals surface area contributed by atoms with Crippen LogP contribution in [0.25, 0.3) is 0 Å². The lowest BCUT2D eigenvalue weighted by molar-refractivity contribution is -0.136. The highest BCUT2D eigenvalue weighted by atomic mass is 35.5. The van der Waals surface area contributed by atoms with E-state index in [1.54, 1.807) is 48.5 Å². The van der Waals surface area contributed by atoms with E-state index in [0.29, 0.717) is 32.6 Å². The number of ketones is 1. The molecule has 5 nitrogen and oxygen atoms in total. The van der Waals surface area contributed by atoms with Crippen LogP contribution in [0.15, 0.2) is 66.7 Å². The van der Waals surface area contributed by atoms with Crippen molar-refractivity contribution >= 4 is 40.6 Å². The minimum atomic E-state index is -2.06. The lowest BCUT2D eigenvalue weighted by Crippen LogP contribution is -2.41. The Balaban J connectivity index is 1.74. The molecule has 1 N–H and O–H groups in total. The summed E-state index contributed by atoms with van der Waals surface area (Å²) in [7, 11) is 1.46. The quantitative estimate of drug-likeness (QED) is 0.530. The second-order valence-electron chi connectivity index (χ2n) is 7.30. The molecule has 1 aliphatic rings. The highest BCUT2D eigenvalue weighted by Crippen LogP contribution is 2.45. The maximum Gasteiger partial charge on any atom is 0.264 e. The molecule has 0 spiro atoms. The van der Waals surface area contributed by atoms with Gasteiger partial charge in [0, 0.05) is 15.6 Å². The number of anilines is 1. The van der Waals surface area contributed by atoms with Gasteiger partial charge in [-0.15, -0.1) is 0 Å². The summed E-state index contributed by atoms with van der Waals surface area (Å²) >= 11 is 12.4. The predicted molar refractivity (Wildman–Crippen MR) is 120 cm³/mol. The van der Waals surface area contributed by atoms with Crippen LogP contribution in [0, 0.1) is 0 Å². The van der Waals surface area contributed by atoms with Crippen molar-refractivity contribution in [2.45, 2.75) is 18.6 Å². The van der Waals surface area contributed by atoms with E-state index in [1.165, 1.54) is 18.1 Å². The number of amides is 1. The number of carbonyl (C=O) groups is 2. The molecule has 158 valence electrons. The van der Waals surface area contributed by atoms with E-state index >= 15 is 0 Å². The largest absolute Gasteiger partial charge is 0.496 e.